The van der Waals surface area contributed by atoms with Gasteiger partial charge in [-0.05, 0) is 80.1 Å². The van der Waals surface area contributed by atoms with Crippen molar-refractivity contribution >= 4 is 17.5 Å². The van der Waals surface area contributed by atoms with E-state index in [-0.39, 0.29) is 23.8 Å². The van der Waals surface area contributed by atoms with Gasteiger partial charge in [0.2, 0.25) is 11.8 Å². The van der Waals surface area contributed by atoms with Crippen molar-refractivity contribution in [3.05, 3.63) is 41.5 Å². The lowest BCUT2D eigenvalue weighted by atomic mass is 9.44. The maximum Gasteiger partial charge on any atom is 0.418 e. The first-order chi connectivity index (χ1) is 17.5. The Kier molecular flexibility index (Phi) is 6.02. The number of carbonyl (C=O) groups is 2. The fourth-order valence-electron chi connectivity index (χ4n) is 8.09. The molecule has 1 aromatic rings. The van der Waals surface area contributed by atoms with Crippen LogP contribution in [-0.4, -0.2) is 23.4 Å². The molecule has 3 aliphatic carbocycles. The predicted molar refractivity (Wildman–Crippen MR) is 127 cm³/mol. The zero-order valence-electron chi connectivity index (χ0n) is 21.1. The second-order valence-electron chi connectivity index (χ2n) is 11.9. The van der Waals surface area contributed by atoms with Gasteiger partial charge in [0, 0.05) is 22.9 Å². The molecule has 1 aromatic carbocycles. The van der Waals surface area contributed by atoms with Crippen LogP contribution in [0.4, 0.5) is 32.0 Å². The number of halogens is 6. The summed E-state index contributed by atoms with van der Waals surface area (Å²) in [7, 11) is 0. The Balaban J connectivity index is 1.43. The van der Waals surface area contributed by atoms with Crippen LogP contribution >= 0.6 is 0 Å². The molecular formula is C27H31F6N3O2. The first-order valence-corrected chi connectivity index (χ1v) is 12.9. The van der Waals surface area contributed by atoms with Gasteiger partial charge in [-0.2, -0.15) is 26.3 Å². The summed E-state index contributed by atoms with van der Waals surface area (Å²) >= 11 is 0. The van der Waals surface area contributed by atoms with E-state index >= 15 is 0 Å². The lowest BCUT2D eigenvalue weighted by Gasteiger charge is -2.64. The molecule has 1 aliphatic heterocycles. The lowest BCUT2D eigenvalue weighted by molar-refractivity contribution is -0.141. The van der Waals surface area contributed by atoms with Crippen LogP contribution in [0.2, 0.25) is 0 Å². The number of anilines is 1. The molecule has 4 aliphatic rings. The van der Waals surface area contributed by atoms with Crippen LogP contribution in [0.5, 0.6) is 0 Å². The van der Waals surface area contributed by atoms with Crippen molar-refractivity contribution in [2.45, 2.75) is 76.3 Å². The zero-order valence-corrected chi connectivity index (χ0v) is 21.1. The van der Waals surface area contributed by atoms with E-state index in [9.17, 15) is 35.9 Å². The Morgan fingerprint density at radius 1 is 1.00 bits per heavy atom. The van der Waals surface area contributed by atoms with E-state index < -0.39 is 57.4 Å². The average Bonchev–Trinajstić information content (AvgIpc) is 3.16. The Bertz CT molecular complexity index is 1200. The molecule has 208 valence electrons. The summed E-state index contributed by atoms with van der Waals surface area (Å²) in [6.45, 7) is 4.01. The third-order valence-electron chi connectivity index (χ3n) is 10.3. The maximum absolute atomic E-state index is 13.6. The SMILES string of the molecule is CC12C=CC(=O)N[C@@H]1CC[C@H]1[C@@H]3CC[C@H](C(=O)Nc4cc(C(F)(F)F)ccc4C(F)(F)F)[C@@]3(C)CC[C@@]12N. The van der Waals surface area contributed by atoms with Gasteiger partial charge in [-0.3, -0.25) is 9.59 Å². The standard InChI is InChI=1S/C27H31F6N3O2/c1-23-11-12-25(34)16(7-8-20-24(25,2)10-9-21(37)36-20)15(23)5-6-18(23)22(38)35-19-13-14(26(28,29)30)3-4-17(19)27(31,32)33/h3-4,9-10,13,15-16,18,20H,5-8,11-12,34H2,1-2H3,(H,35,38)(H,36,37)/t15-,16-,18+,20+,23-,24?,25+/m0/s1. The summed E-state index contributed by atoms with van der Waals surface area (Å²) in [5.74, 6) is -1.47. The minimum atomic E-state index is -4.93. The van der Waals surface area contributed by atoms with Crippen molar-refractivity contribution in [3.8, 4) is 0 Å². The second kappa shape index (κ2) is 8.47. The summed E-state index contributed by atoms with van der Waals surface area (Å²) in [6.07, 6.45) is -2.77. The topological polar surface area (TPSA) is 84.2 Å². The fourth-order valence-corrected chi connectivity index (χ4v) is 8.09. The predicted octanol–water partition coefficient (Wildman–Crippen LogP) is 5.66. The van der Waals surface area contributed by atoms with E-state index in [1.165, 1.54) is 6.08 Å². The molecule has 0 bridgehead atoms. The number of alkyl halides is 6. The highest BCUT2D eigenvalue weighted by Crippen LogP contribution is 2.65. The number of carbonyl (C=O) groups excluding carboxylic acids is 2. The van der Waals surface area contributed by atoms with Crippen molar-refractivity contribution < 1.29 is 35.9 Å². The van der Waals surface area contributed by atoms with Crippen LogP contribution in [0.15, 0.2) is 30.4 Å². The first kappa shape index (κ1) is 27.0. The van der Waals surface area contributed by atoms with E-state index in [2.05, 4.69) is 10.6 Å². The van der Waals surface area contributed by atoms with E-state index in [0.29, 0.717) is 43.9 Å². The van der Waals surface area contributed by atoms with Gasteiger partial charge in [0.1, 0.15) is 0 Å². The number of rotatable bonds is 2. The molecular weight excluding hydrogens is 512 g/mol. The maximum atomic E-state index is 13.6. The van der Waals surface area contributed by atoms with Gasteiger partial charge in [-0.25, -0.2) is 0 Å². The molecule has 5 nitrogen and oxygen atoms in total. The number of hydrogen-bond donors (Lipinski definition) is 3. The normalized spacial score (nSPS) is 38.6. The van der Waals surface area contributed by atoms with Gasteiger partial charge in [0.05, 0.1) is 16.8 Å². The molecule has 3 saturated carbocycles. The van der Waals surface area contributed by atoms with Crippen molar-refractivity contribution in [2.24, 2.45) is 34.3 Å². The number of benzene rings is 1. The average molecular weight is 544 g/mol. The molecule has 0 spiro atoms. The molecule has 0 aromatic heterocycles. The number of nitrogens with one attached hydrogen (secondary N) is 2. The van der Waals surface area contributed by atoms with E-state index in [0.717, 1.165) is 12.8 Å². The Morgan fingerprint density at radius 2 is 1.68 bits per heavy atom. The highest BCUT2D eigenvalue weighted by Gasteiger charge is 2.66. The van der Waals surface area contributed by atoms with Crippen LogP contribution < -0.4 is 16.4 Å². The number of amides is 2. The van der Waals surface area contributed by atoms with Gasteiger partial charge in [0.15, 0.2) is 0 Å². The fraction of sp³-hybridized carbons (Fsp3) is 0.630. The van der Waals surface area contributed by atoms with Crippen LogP contribution in [0.25, 0.3) is 0 Å². The summed E-state index contributed by atoms with van der Waals surface area (Å²) in [6, 6.07) is 0.976. The smallest absolute Gasteiger partial charge is 0.349 e. The van der Waals surface area contributed by atoms with Crippen LogP contribution in [0.3, 0.4) is 0 Å². The molecule has 3 fully saturated rings. The highest BCUT2D eigenvalue weighted by atomic mass is 19.4. The van der Waals surface area contributed by atoms with E-state index in [1.807, 2.05) is 19.9 Å². The summed E-state index contributed by atoms with van der Waals surface area (Å²) in [5, 5.41) is 5.25. The quantitative estimate of drug-likeness (QED) is 0.421. The van der Waals surface area contributed by atoms with E-state index in [1.54, 1.807) is 0 Å². The summed E-state index contributed by atoms with van der Waals surface area (Å²) in [5.41, 5.74) is 1.99. The number of nitrogens with two attached hydrogens (primary N) is 1. The monoisotopic (exact) mass is 543 g/mol. The van der Waals surface area contributed by atoms with Crippen LogP contribution in [0, 0.1) is 28.6 Å². The van der Waals surface area contributed by atoms with Crippen molar-refractivity contribution in [3.63, 3.8) is 0 Å². The molecule has 1 unspecified atom stereocenters. The van der Waals surface area contributed by atoms with Crippen molar-refractivity contribution in [1.29, 1.82) is 0 Å². The summed E-state index contributed by atoms with van der Waals surface area (Å²) in [4.78, 5) is 25.4. The largest absolute Gasteiger partial charge is 0.418 e. The molecule has 0 radical (unpaired) electrons. The van der Waals surface area contributed by atoms with Gasteiger partial charge in [-0.1, -0.05) is 19.9 Å². The minimum Gasteiger partial charge on any atom is -0.349 e. The van der Waals surface area contributed by atoms with Gasteiger partial charge in [-0.15, -0.1) is 0 Å². The Morgan fingerprint density at radius 3 is 2.34 bits per heavy atom. The van der Waals surface area contributed by atoms with Crippen LogP contribution in [-0.2, 0) is 21.9 Å². The van der Waals surface area contributed by atoms with Crippen molar-refractivity contribution in [1.82, 2.24) is 5.32 Å². The molecule has 11 heteroatoms. The molecule has 2 amide bonds. The molecule has 7 atom stereocenters. The molecule has 38 heavy (non-hydrogen) atoms. The van der Waals surface area contributed by atoms with Gasteiger partial charge >= 0.3 is 12.4 Å². The molecule has 5 rings (SSSR count). The number of hydrogen-bond acceptors (Lipinski definition) is 3. The Labute approximate surface area is 216 Å². The van der Waals surface area contributed by atoms with Crippen molar-refractivity contribution in [2.75, 3.05) is 5.32 Å². The minimum absolute atomic E-state index is 0.0180. The first-order valence-electron chi connectivity index (χ1n) is 12.9. The second-order valence-corrected chi connectivity index (χ2v) is 11.9. The van der Waals surface area contributed by atoms with Gasteiger partial charge < -0.3 is 16.4 Å². The highest BCUT2D eigenvalue weighted by molar-refractivity contribution is 5.94. The van der Waals surface area contributed by atoms with E-state index in [4.69, 9.17) is 5.73 Å². The Hall–Kier alpha value is -2.56. The summed E-state index contributed by atoms with van der Waals surface area (Å²) < 4.78 is 80.5. The molecule has 4 N–H and O–H groups in total. The number of fused-ring (bicyclic) bond motifs is 5. The zero-order chi connectivity index (χ0) is 27.9. The third-order valence-corrected chi connectivity index (χ3v) is 10.3. The lowest BCUT2D eigenvalue weighted by Crippen LogP contribution is -2.73. The molecule has 0 saturated heterocycles. The molecule has 1 heterocycles. The van der Waals surface area contributed by atoms with Crippen LogP contribution in [0.1, 0.15) is 63.5 Å². The third kappa shape index (κ3) is 3.95. The van der Waals surface area contributed by atoms with Gasteiger partial charge in [0.25, 0.3) is 0 Å².